The molecule has 2 N–H and O–H groups in total. The summed E-state index contributed by atoms with van der Waals surface area (Å²) >= 11 is 0. The van der Waals surface area contributed by atoms with Gasteiger partial charge in [-0.25, -0.2) is 17.9 Å². The summed E-state index contributed by atoms with van der Waals surface area (Å²) in [5.41, 5.74) is 0. The molecule has 1 heterocycles. The highest BCUT2D eigenvalue weighted by Gasteiger charge is 2.23. The second-order valence-electron chi connectivity index (χ2n) is 3.52. The van der Waals surface area contributed by atoms with E-state index in [1.807, 2.05) is 0 Å². The second kappa shape index (κ2) is 7.49. The minimum atomic E-state index is -3.68. The van der Waals surface area contributed by atoms with Crippen molar-refractivity contribution in [2.75, 3.05) is 27.2 Å². The van der Waals surface area contributed by atoms with Crippen LogP contribution in [0.1, 0.15) is 16.3 Å². The number of rotatable bonds is 6. The van der Waals surface area contributed by atoms with Crippen LogP contribution in [0.15, 0.2) is 15.4 Å². The largest absolute Gasteiger partial charge is 0.463 e. The summed E-state index contributed by atoms with van der Waals surface area (Å²) in [5.74, 6) is -0.703. The monoisotopic (exact) mass is 312 g/mol. The van der Waals surface area contributed by atoms with Gasteiger partial charge in [0, 0.05) is 19.2 Å². The number of esters is 1. The lowest BCUT2D eigenvalue weighted by molar-refractivity contribution is 0.0563. The van der Waals surface area contributed by atoms with Crippen LogP contribution in [0.2, 0.25) is 0 Å². The first-order chi connectivity index (χ1) is 8.42. The van der Waals surface area contributed by atoms with Crippen LogP contribution in [0.3, 0.4) is 0 Å². The molecule has 1 aromatic rings. The number of methoxy groups -OCH3 is 1. The molecule has 0 aliphatic rings. The fourth-order valence-corrected chi connectivity index (χ4v) is 2.53. The third-order valence-corrected chi connectivity index (χ3v) is 3.78. The van der Waals surface area contributed by atoms with Crippen LogP contribution < -0.4 is 10.0 Å². The highest BCUT2D eigenvalue weighted by Crippen LogP contribution is 2.20. The standard InChI is InChI=1S/C10H16N2O5S.ClH/c1-7-9(6-8(17-7)10(13)16-3)18(14,15)12-5-4-11-2;/h6,11-12H,4-5H2,1-3H3;1H. The molecule has 0 saturated heterocycles. The zero-order chi connectivity index (χ0) is 13.8. The fourth-order valence-electron chi connectivity index (χ4n) is 1.32. The molecule has 0 radical (unpaired) electrons. The van der Waals surface area contributed by atoms with Crippen LogP contribution >= 0.6 is 12.4 Å². The lowest BCUT2D eigenvalue weighted by Crippen LogP contribution is -2.30. The lowest BCUT2D eigenvalue weighted by atomic mass is 10.4. The minimum Gasteiger partial charge on any atom is -0.463 e. The number of carbonyl (C=O) groups is 1. The summed E-state index contributed by atoms with van der Waals surface area (Å²) in [4.78, 5) is 11.2. The summed E-state index contributed by atoms with van der Waals surface area (Å²) in [7, 11) is -0.767. The van der Waals surface area contributed by atoms with Gasteiger partial charge in [0.05, 0.1) is 7.11 Å². The average molecular weight is 313 g/mol. The van der Waals surface area contributed by atoms with Crippen LogP contribution in [0.4, 0.5) is 0 Å². The molecule has 19 heavy (non-hydrogen) atoms. The van der Waals surface area contributed by atoms with Crippen molar-refractivity contribution < 1.29 is 22.4 Å². The number of aryl methyl sites for hydroxylation is 1. The van der Waals surface area contributed by atoms with Gasteiger partial charge in [-0.05, 0) is 14.0 Å². The van der Waals surface area contributed by atoms with Gasteiger partial charge < -0.3 is 14.5 Å². The highest BCUT2D eigenvalue weighted by atomic mass is 35.5. The van der Waals surface area contributed by atoms with Gasteiger partial charge in [-0.2, -0.15) is 0 Å². The van der Waals surface area contributed by atoms with E-state index in [9.17, 15) is 13.2 Å². The lowest BCUT2D eigenvalue weighted by Gasteiger charge is -2.04. The van der Waals surface area contributed by atoms with Gasteiger partial charge in [0.25, 0.3) is 0 Å². The molecule has 1 aromatic heterocycles. The molecule has 0 aliphatic heterocycles. The SMILES string of the molecule is CNCCNS(=O)(=O)c1cc(C(=O)OC)oc1C.Cl. The first-order valence-electron chi connectivity index (χ1n) is 5.25. The van der Waals surface area contributed by atoms with Crippen molar-refractivity contribution in [2.45, 2.75) is 11.8 Å². The molecule has 1 rings (SSSR count). The van der Waals surface area contributed by atoms with E-state index in [2.05, 4.69) is 14.8 Å². The number of furan rings is 1. The molecule has 0 bridgehead atoms. The van der Waals surface area contributed by atoms with E-state index in [4.69, 9.17) is 4.42 Å². The maximum Gasteiger partial charge on any atom is 0.373 e. The Morgan fingerprint density at radius 3 is 2.58 bits per heavy atom. The number of carbonyl (C=O) groups excluding carboxylic acids is 1. The van der Waals surface area contributed by atoms with E-state index in [1.54, 1.807) is 7.05 Å². The molecular formula is C10H17ClN2O5S. The maximum atomic E-state index is 11.9. The Balaban J connectivity index is 0.00000324. The van der Waals surface area contributed by atoms with Crippen molar-refractivity contribution in [2.24, 2.45) is 0 Å². The molecule has 0 atom stereocenters. The van der Waals surface area contributed by atoms with Gasteiger partial charge in [0.2, 0.25) is 15.8 Å². The Kier molecular flexibility index (Phi) is 7.06. The summed E-state index contributed by atoms with van der Waals surface area (Å²) < 4.78 is 35.7. The number of hydrogen-bond donors (Lipinski definition) is 2. The van der Waals surface area contributed by atoms with Crippen LogP contribution in [0.25, 0.3) is 0 Å². The Hall–Kier alpha value is -1.09. The quantitative estimate of drug-likeness (QED) is 0.579. The van der Waals surface area contributed by atoms with E-state index in [0.717, 1.165) is 6.07 Å². The average Bonchev–Trinajstić information content (AvgIpc) is 2.71. The number of nitrogens with one attached hydrogen (secondary N) is 2. The Morgan fingerprint density at radius 1 is 1.42 bits per heavy atom. The van der Waals surface area contributed by atoms with Gasteiger partial charge >= 0.3 is 5.97 Å². The third kappa shape index (κ3) is 4.50. The van der Waals surface area contributed by atoms with Crippen LogP contribution in [0, 0.1) is 6.92 Å². The molecule has 0 saturated carbocycles. The minimum absolute atomic E-state index is 0. The molecule has 110 valence electrons. The molecular weight excluding hydrogens is 296 g/mol. The van der Waals surface area contributed by atoms with E-state index in [-0.39, 0.29) is 35.4 Å². The highest BCUT2D eigenvalue weighted by molar-refractivity contribution is 7.89. The number of likely N-dealkylation sites (N-methyl/N-ethyl adjacent to an activating group) is 1. The fraction of sp³-hybridized carbons (Fsp3) is 0.500. The van der Waals surface area contributed by atoms with E-state index < -0.39 is 16.0 Å². The maximum absolute atomic E-state index is 11.9. The molecule has 0 amide bonds. The van der Waals surface area contributed by atoms with Crippen LogP contribution in [-0.4, -0.2) is 41.6 Å². The van der Waals surface area contributed by atoms with Gasteiger partial charge in [0.1, 0.15) is 10.7 Å². The molecule has 0 fully saturated rings. The van der Waals surface area contributed by atoms with Gasteiger partial charge in [0.15, 0.2) is 0 Å². The normalized spacial score (nSPS) is 10.9. The Morgan fingerprint density at radius 2 is 2.05 bits per heavy atom. The summed E-state index contributed by atoms with van der Waals surface area (Å²) in [6.07, 6.45) is 0. The number of halogens is 1. The molecule has 0 aromatic carbocycles. The zero-order valence-corrected chi connectivity index (χ0v) is 12.5. The van der Waals surface area contributed by atoms with Crippen LogP contribution in [-0.2, 0) is 14.8 Å². The van der Waals surface area contributed by atoms with Crippen molar-refractivity contribution in [1.82, 2.24) is 10.0 Å². The molecule has 9 heteroatoms. The molecule has 0 unspecified atom stereocenters. The topological polar surface area (TPSA) is 97.6 Å². The summed E-state index contributed by atoms with van der Waals surface area (Å²) in [6.45, 7) is 2.22. The number of sulfonamides is 1. The smallest absolute Gasteiger partial charge is 0.373 e. The predicted molar refractivity (Wildman–Crippen MR) is 71.1 cm³/mol. The van der Waals surface area contributed by atoms with Crippen molar-refractivity contribution in [3.05, 3.63) is 17.6 Å². The van der Waals surface area contributed by atoms with Gasteiger partial charge in [-0.15, -0.1) is 12.4 Å². The summed E-state index contributed by atoms with van der Waals surface area (Å²) in [5, 5.41) is 2.81. The Labute approximate surface area is 118 Å². The summed E-state index contributed by atoms with van der Waals surface area (Å²) in [6, 6.07) is 1.16. The van der Waals surface area contributed by atoms with Crippen molar-refractivity contribution >= 4 is 28.4 Å². The Bertz CT molecular complexity index is 526. The van der Waals surface area contributed by atoms with Crippen molar-refractivity contribution in [3.8, 4) is 0 Å². The number of ether oxygens (including phenoxy) is 1. The zero-order valence-electron chi connectivity index (χ0n) is 10.8. The molecule has 7 nitrogen and oxygen atoms in total. The predicted octanol–water partition coefficient (Wildman–Crippen LogP) is 0.294. The molecule has 0 spiro atoms. The van der Waals surface area contributed by atoms with E-state index in [0.29, 0.717) is 6.54 Å². The van der Waals surface area contributed by atoms with E-state index >= 15 is 0 Å². The van der Waals surface area contributed by atoms with E-state index in [1.165, 1.54) is 14.0 Å². The first kappa shape index (κ1) is 17.9. The van der Waals surface area contributed by atoms with Crippen molar-refractivity contribution in [1.29, 1.82) is 0 Å². The van der Waals surface area contributed by atoms with Crippen LogP contribution in [0.5, 0.6) is 0 Å². The van der Waals surface area contributed by atoms with Gasteiger partial charge in [-0.3, -0.25) is 0 Å². The third-order valence-electron chi connectivity index (χ3n) is 2.22. The van der Waals surface area contributed by atoms with Crippen molar-refractivity contribution in [3.63, 3.8) is 0 Å². The number of hydrogen-bond acceptors (Lipinski definition) is 6. The second-order valence-corrected chi connectivity index (χ2v) is 5.26. The first-order valence-corrected chi connectivity index (χ1v) is 6.73. The van der Waals surface area contributed by atoms with Gasteiger partial charge in [-0.1, -0.05) is 0 Å². The molecule has 0 aliphatic carbocycles.